The van der Waals surface area contributed by atoms with Crippen molar-refractivity contribution in [3.63, 3.8) is 0 Å². The molecule has 0 unspecified atom stereocenters. The molecule has 3 N–H and O–H groups in total. The third-order valence-corrected chi connectivity index (χ3v) is 2.65. The zero-order chi connectivity index (χ0) is 11.7. The number of rotatable bonds is 3. The number of aromatic amines is 1. The van der Waals surface area contributed by atoms with Crippen molar-refractivity contribution in [2.24, 2.45) is 0 Å². The van der Waals surface area contributed by atoms with Gasteiger partial charge in [-0.1, -0.05) is 0 Å². The standard InChI is InChI=1S/C10H17N3O2/c1-9(2,10(3,4)15)13-7-5-8(14)12-6-11-7/h5-6,15H,1-4H3,(H2,11,12,13,14). The molecule has 5 heteroatoms. The smallest absolute Gasteiger partial charge is 0.252 e. The highest BCUT2D eigenvalue weighted by atomic mass is 16.3. The van der Waals surface area contributed by atoms with Crippen LogP contribution in [-0.4, -0.2) is 26.2 Å². The molecule has 15 heavy (non-hydrogen) atoms. The maximum atomic E-state index is 11.0. The van der Waals surface area contributed by atoms with Crippen LogP contribution in [-0.2, 0) is 0 Å². The van der Waals surface area contributed by atoms with Crippen LogP contribution in [0.5, 0.6) is 0 Å². The predicted molar refractivity (Wildman–Crippen MR) is 58.9 cm³/mol. The third-order valence-electron chi connectivity index (χ3n) is 2.65. The molecule has 1 aromatic rings. The van der Waals surface area contributed by atoms with Crippen LogP contribution >= 0.6 is 0 Å². The molecule has 0 saturated heterocycles. The number of anilines is 1. The first-order chi connectivity index (χ1) is 6.72. The van der Waals surface area contributed by atoms with Gasteiger partial charge in [0.1, 0.15) is 5.82 Å². The summed E-state index contributed by atoms with van der Waals surface area (Å²) in [7, 11) is 0. The van der Waals surface area contributed by atoms with E-state index in [1.807, 2.05) is 13.8 Å². The molecule has 0 aliphatic carbocycles. The van der Waals surface area contributed by atoms with Gasteiger partial charge in [-0.05, 0) is 27.7 Å². The summed E-state index contributed by atoms with van der Waals surface area (Å²) < 4.78 is 0. The number of H-pyrrole nitrogens is 1. The van der Waals surface area contributed by atoms with Crippen LogP contribution in [0.1, 0.15) is 27.7 Å². The van der Waals surface area contributed by atoms with Crippen LogP contribution in [0.15, 0.2) is 17.2 Å². The van der Waals surface area contributed by atoms with Crippen molar-refractivity contribution in [2.75, 3.05) is 5.32 Å². The zero-order valence-electron chi connectivity index (χ0n) is 9.46. The maximum Gasteiger partial charge on any atom is 0.252 e. The van der Waals surface area contributed by atoms with E-state index < -0.39 is 11.1 Å². The second-order valence-electron chi connectivity index (χ2n) is 4.61. The Labute approximate surface area is 88.6 Å². The van der Waals surface area contributed by atoms with Gasteiger partial charge in [0.15, 0.2) is 0 Å². The Morgan fingerprint density at radius 3 is 2.47 bits per heavy atom. The second-order valence-corrected chi connectivity index (χ2v) is 4.61. The predicted octanol–water partition coefficient (Wildman–Crippen LogP) is 0.731. The second kappa shape index (κ2) is 3.66. The Morgan fingerprint density at radius 2 is 2.00 bits per heavy atom. The SMILES string of the molecule is CC(C)(O)C(C)(C)Nc1cc(=O)[nH]cn1. The van der Waals surface area contributed by atoms with Gasteiger partial charge in [0.2, 0.25) is 0 Å². The fraction of sp³-hybridized carbons (Fsp3) is 0.600. The van der Waals surface area contributed by atoms with E-state index in [1.165, 1.54) is 12.4 Å². The molecule has 84 valence electrons. The highest BCUT2D eigenvalue weighted by molar-refractivity contribution is 5.36. The van der Waals surface area contributed by atoms with Gasteiger partial charge in [0, 0.05) is 6.07 Å². The molecule has 0 aliphatic rings. The van der Waals surface area contributed by atoms with Crippen molar-refractivity contribution in [1.82, 2.24) is 9.97 Å². The average molecular weight is 211 g/mol. The van der Waals surface area contributed by atoms with Crippen molar-refractivity contribution >= 4 is 5.82 Å². The van der Waals surface area contributed by atoms with Gasteiger partial charge in [-0.15, -0.1) is 0 Å². The number of aliphatic hydroxyl groups is 1. The van der Waals surface area contributed by atoms with Crippen LogP contribution in [0.3, 0.4) is 0 Å². The van der Waals surface area contributed by atoms with Crippen molar-refractivity contribution in [1.29, 1.82) is 0 Å². The first kappa shape index (κ1) is 11.7. The number of hydrogen-bond acceptors (Lipinski definition) is 4. The molecule has 0 aromatic carbocycles. The van der Waals surface area contributed by atoms with Crippen molar-refractivity contribution < 1.29 is 5.11 Å². The highest BCUT2D eigenvalue weighted by Gasteiger charge is 2.35. The van der Waals surface area contributed by atoms with Crippen LogP contribution in [0, 0.1) is 0 Å². The first-order valence-electron chi connectivity index (χ1n) is 4.78. The quantitative estimate of drug-likeness (QED) is 0.688. The lowest BCUT2D eigenvalue weighted by Gasteiger charge is -2.38. The van der Waals surface area contributed by atoms with E-state index in [4.69, 9.17) is 0 Å². The number of aromatic nitrogens is 2. The Bertz CT molecular complexity index is 390. The first-order valence-corrected chi connectivity index (χ1v) is 4.78. The van der Waals surface area contributed by atoms with Crippen molar-refractivity contribution in [3.05, 3.63) is 22.7 Å². The molecule has 0 amide bonds. The van der Waals surface area contributed by atoms with E-state index in [1.54, 1.807) is 13.8 Å². The van der Waals surface area contributed by atoms with Gasteiger partial charge in [-0.25, -0.2) is 4.98 Å². The van der Waals surface area contributed by atoms with Crippen LogP contribution in [0.25, 0.3) is 0 Å². The average Bonchev–Trinajstić information content (AvgIpc) is 2.00. The Morgan fingerprint density at radius 1 is 1.40 bits per heavy atom. The van der Waals surface area contributed by atoms with Crippen LogP contribution < -0.4 is 10.9 Å². The summed E-state index contributed by atoms with van der Waals surface area (Å²) in [5, 5.41) is 12.9. The largest absolute Gasteiger partial charge is 0.388 e. The monoisotopic (exact) mass is 211 g/mol. The van der Waals surface area contributed by atoms with Gasteiger partial charge in [0.05, 0.1) is 17.5 Å². The summed E-state index contributed by atoms with van der Waals surface area (Å²) >= 11 is 0. The fourth-order valence-electron chi connectivity index (χ4n) is 0.910. The fourth-order valence-corrected chi connectivity index (χ4v) is 0.910. The van der Waals surface area contributed by atoms with E-state index in [9.17, 15) is 9.90 Å². The van der Waals surface area contributed by atoms with Crippen molar-refractivity contribution in [2.45, 2.75) is 38.8 Å². The lowest BCUT2D eigenvalue weighted by atomic mass is 9.86. The number of nitrogens with one attached hydrogen (secondary N) is 2. The minimum Gasteiger partial charge on any atom is -0.388 e. The minimum absolute atomic E-state index is 0.223. The third kappa shape index (κ3) is 2.79. The van der Waals surface area contributed by atoms with E-state index in [0.717, 1.165) is 0 Å². The molecule has 1 heterocycles. The zero-order valence-corrected chi connectivity index (χ0v) is 9.46. The highest BCUT2D eigenvalue weighted by Crippen LogP contribution is 2.24. The van der Waals surface area contributed by atoms with Gasteiger partial charge in [-0.2, -0.15) is 0 Å². The minimum atomic E-state index is -0.919. The maximum absolute atomic E-state index is 11.0. The summed E-state index contributed by atoms with van der Waals surface area (Å²) in [6.45, 7) is 7.09. The lowest BCUT2D eigenvalue weighted by molar-refractivity contribution is 0.0238. The summed E-state index contributed by atoms with van der Waals surface area (Å²) in [5.41, 5.74) is -1.72. The molecule has 0 radical (unpaired) electrons. The Balaban J connectivity index is 2.91. The van der Waals surface area contributed by atoms with E-state index in [0.29, 0.717) is 5.82 Å². The molecule has 1 aromatic heterocycles. The van der Waals surface area contributed by atoms with Gasteiger partial charge in [0.25, 0.3) is 5.56 Å². The molecule has 0 fully saturated rings. The summed E-state index contributed by atoms with van der Waals surface area (Å²) in [4.78, 5) is 17.4. The molecule has 0 aliphatic heterocycles. The van der Waals surface area contributed by atoms with Crippen molar-refractivity contribution in [3.8, 4) is 0 Å². The Kier molecular flexibility index (Phi) is 2.86. The van der Waals surface area contributed by atoms with Crippen LogP contribution in [0.4, 0.5) is 5.82 Å². The van der Waals surface area contributed by atoms with Gasteiger partial charge < -0.3 is 15.4 Å². The van der Waals surface area contributed by atoms with Gasteiger partial charge >= 0.3 is 0 Å². The normalized spacial score (nSPS) is 12.6. The lowest BCUT2D eigenvalue weighted by Crippen LogP contribution is -2.51. The molecule has 1 rings (SSSR count). The van der Waals surface area contributed by atoms with E-state index in [2.05, 4.69) is 15.3 Å². The summed E-state index contributed by atoms with van der Waals surface area (Å²) in [6.07, 6.45) is 1.32. The topological polar surface area (TPSA) is 78.0 Å². The number of hydrogen-bond donors (Lipinski definition) is 3. The molecular weight excluding hydrogens is 194 g/mol. The molecular formula is C10H17N3O2. The molecule has 0 spiro atoms. The molecule has 0 atom stereocenters. The molecule has 0 bridgehead atoms. The molecule has 5 nitrogen and oxygen atoms in total. The summed E-state index contributed by atoms with van der Waals surface area (Å²) in [6, 6.07) is 1.35. The van der Waals surface area contributed by atoms with Crippen LogP contribution in [0.2, 0.25) is 0 Å². The Hall–Kier alpha value is -1.36. The summed E-state index contributed by atoms with van der Waals surface area (Å²) in [5.74, 6) is 0.450. The van der Waals surface area contributed by atoms with E-state index in [-0.39, 0.29) is 5.56 Å². The molecule has 0 saturated carbocycles. The number of nitrogens with zero attached hydrogens (tertiary/aromatic N) is 1. The van der Waals surface area contributed by atoms with Gasteiger partial charge in [-0.3, -0.25) is 4.79 Å². The van der Waals surface area contributed by atoms with E-state index >= 15 is 0 Å².